The van der Waals surface area contributed by atoms with Gasteiger partial charge in [0.25, 0.3) is 0 Å². The standard InChI is InChI=1S/C80H51N/c1-4-16-67-58(12-1)15-11-23-68(67)59-40-44-66(45-41-59)81-79-46-42-62(56-28-24-52(25-29-56)54-32-36-60(37-33-54)75-50-64-13-2-5-17-69(64)71-19-7-9-21-73(71)75)48-77(79)78-49-63(43-47-80(78)81)57-30-26-53(27-31-57)55-34-38-61(39-35-55)76-51-65-14-3-6-18-70(65)72-20-8-10-22-74(72)76/h1-51H. The zero-order valence-corrected chi connectivity index (χ0v) is 44.4. The molecule has 0 aliphatic rings. The molecule has 0 fully saturated rings. The van der Waals surface area contributed by atoms with Gasteiger partial charge >= 0.3 is 0 Å². The van der Waals surface area contributed by atoms with Crippen molar-refractivity contribution in [2.45, 2.75) is 0 Å². The monoisotopic (exact) mass is 1030 g/mol. The summed E-state index contributed by atoms with van der Waals surface area (Å²) in [5.74, 6) is 0. The minimum atomic E-state index is 1.13. The topological polar surface area (TPSA) is 4.93 Å². The van der Waals surface area contributed by atoms with Crippen LogP contribution in [0.3, 0.4) is 0 Å². The van der Waals surface area contributed by atoms with Crippen molar-refractivity contribution in [2.75, 3.05) is 0 Å². The van der Waals surface area contributed by atoms with Gasteiger partial charge in [0.15, 0.2) is 0 Å². The van der Waals surface area contributed by atoms with E-state index in [1.165, 1.54) is 154 Å². The lowest BCUT2D eigenvalue weighted by Crippen LogP contribution is -1.94. The van der Waals surface area contributed by atoms with Crippen LogP contribution in [-0.2, 0) is 0 Å². The number of rotatable bonds is 8. The SMILES string of the molecule is c1ccc2c(-c3ccc(-n4c5ccc(-c6ccc(-c7ccc(-c8cc9ccccc9c9ccccc89)cc7)cc6)cc5c5cc(-c6ccc(-c7ccc(-c8cc9ccccc9c9ccccc89)cc7)cc6)ccc54)cc3)cccc2c1. The Balaban J connectivity index is 0.739. The van der Waals surface area contributed by atoms with Gasteiger partial charge in [0, 0.05) is 16.5 Å². The van der Waals surface area contributed by atoms with Gasteiger partial charge in [-0.1, -0.05) is 261 Å². The second-order valence-corrected chi connectivity index (χ2v) is 21.6. The predicted octanol–water partition coefficient (Wildman–Crippen LogP) is 22.2. The predicted molar refractivity (Wildman–Crippen MR) is 346 cm³/mol. The molecule has 0 atom stereocenters. The average molecular weight is 1030 g/mol. The van der Waals surface area contributed by atoms with Crippen LogP contribution in [0.2, 0.25) is 0 Å². The molecule has 0 amide bonds. The van der Waals surface area contributed by atoms with Crippen molar-refractivity contribution in [1.29, 1.82) is 0 Å². The molecule has 0 spiro atoms. The lowest BCUT2D eigenvalue weighted by molar-refractivity contribution is 1.18. The molecule has 1 heterocycles. The van der Waals surface area contributed by atoms with Gasteiger partial charge in [0.05, 0.1) is 11.0 Å². The maximum absolute atomic E-state index is 2.44. The lowest BCUT2D eigenvalue weighted by Gasteiger charge is -2.12. The number of hydrogen-bond donors (Lipinski definition) is 0. The second kappa shape index (κ2) is 19.1. The van der Waals surface area contributed by atoms with Gasteiger partial charge in [-0.2, -0.15) is 0 Å². The summed E-state index contributed by atoms with van der Waals surface area (Å²) in [7, 11) is 0. The number of aromatic nitrogens is 1. The van der Waals surface area contributed by atoms with Crippen molar-refractivity contribution in [3.63, 3.8) is 0 Å². The molecule has 0 saturated carbocycles. The summed E-state index contributed by atoms with van der Waals surface area (Å²) < 4.78 is 2.44. The average Bonchev–Trinajstić information content (AvgIpc) is 4.16. The van der Waals surface area contributed by atoms with Gasteiger partial charge in [0.2, 0.25) is 0 Å². The lowest BCUT2D eigenvalue weighted by atomic mass is 9.92. The van der Waals surface area contributed by atoms with E-state index in [1.807, 2.05) is 0 Å². The normalized spacial score (nSPS) is 11.7. The van der Waals surface area contributed by atoms with Crippen molar-refractivity contribution in [2.24, 2.45) is 0 Å². The van der Waals surface area contributed by atoms with Crippen molar-refractivity contribution < 1.29 is 0 Å². The van der Waals surface area contributed by atoms with E-state index < -0.39 is 0 Å². The molecule has 0 bridgehead atoms. The molecule has 0 aliphatic heterocycles. The molecule has 16 rings (SSSR count). The smallest absolute Gasteiger partial charge is 0.0541 e. The molecular formula is C80H51N. The van der Waals surface area contributed by atoms with E-state index in [0.29, 0.717) is 0 Å². The van der Waals surface area contributed by atoms with Crippen molar-refractivity contribution in [3.05, 3.63) is 309 Å². The van der Waals surface area contributed by atoms with Crippen LogP contribution in [0.4, 0.5) is 0 Å². The highest BCUT2D eigenvalue weighted by molar-refractivity contribution is 6.16. The molecule has 16 aromatic rings. The Morgan fingerprint density at radius 1 is 0.160 bits per heavy atom. The Morgan fingerprint density at radius 3 is 0.914 bits per heavy atom. The Kier molecular flexibility index (Phi) is 11.0. The largest absolute Gasteiger partial charge is 0.309 e. The summed E-state index contributed by atoms with van der Waals surface area (Å²) in [5.41, 5.74) is 20.4. The first-order valence-electron chi connectivity index (χ1n) is 28.0. The van der Waals surface area contributed by atoms with Crippen LogP contribution in [0.1, 0.15) is 0 Å². The number of hydrogen-bond acceptors (Lipinski definition) is 0. The highest BCUT2D eigenvalue weighted by atomic mass is 15.0. The van der Waals surface area contributed by atoms with E-state index >= 15 is 0 Å². The summed E-state index contributed by atoms with van der Waals surface area (Å²) in [5, 5.41) is 15.2. The molecule has 1 aromatic heterocycles. The zero-order chi connectivity index (χ0) is 53.4. The van der Waals surface area contributed by atoms with Crippen LogP contribution in [0.15, 0.2) is 309 Å². The first-order valence-corrected chi connectivity index (χ1v) is 28.0. The van der Waals surface area contributed by atoms with Gasteiger partial charge in [-0.15, -0.1) is 0 Å². The van der Waals surface area contributed by atoms with Crippen LogP contribution >= 0.6 is 0 Å². The third-order valence-corrected chi connectivity index (χ3v) is 17.0. The Bertz CT molecular complexity index is 4830. The van der Waals surface area contributed by atoms with E-state index in [1.54, 1.807) is 0 Å². The number of fused-ring (bicyclic) bond motifs is 10. The minimum Gasteiger partial charge on any atom is -0.309 e. The first kappa shape index (κ1) is 46.5. The van der Waals surface area contributed by atoms with Crippen LogP contribution in [0, 0.1) is 0 Å². The molecule has 15 aromatic carbocycles. The summed E-state index contributed by atoms with van der Waals surface area (Å²) in [6, 6.07) is 114. The van der Waals surface area contributed by atoms with E-state index in [9.17, 15) is 0 Å². The van der Waals surface area contributed by atoms with E-state index in [-0.39, 0.29) is 0 Å². The van der Waals surface area contributed by atoms with Crippen LogP contribution in [0.5, 0.6) is 0 Å². The van der Waals surface area contributed by atoms with E-state index in [0.717, 1.165) is 5.69 Å². The van der Waals surface area contributed by atoms with Crippen molar-refractivity contribution in [1.82, 2.24) is 4.57 Å². The van der Waals surface area contributed by atoms with E-state index in [2.05, 4.69) is 314 Å². The molecule has 0 radical (unpaired) electrons. The summed E-state index contributed by atoms with van der Waals surface area (Å²) in [6.07, 6.45) is 0. The van der Waals surface area contributed by atoms with Gasteiger partial charge in [0.1, 0.15) is 0 Å². The minimum absolute atomic E-state index is 1.13. The summed E-state index contributed by atoms with van der Waals surface area (Å²) in [6.45, 7) is 0. The highest BCUT2D eigenvalue weighted by Gasteiger charge is 2.17. The maximum Gasteiger partial charge on any atom is 0.0541 e. The maximum atomic E-state index is 2.44. The van der Waals surface area contributed by atoms with Crippen LogP contribution in [-0.4, -0.2) is 4.57 Å². The van der Waals surface area contributed by atoms with E-state index in [4.69, 9.17) is 0 Å². The fourth-order valence-corrected chi connectivity index (χ4v) is 12.9. The second-order valence-electron chi connectivity index (χ2n) is 21.6. The number of benzene rings is 15. The molecule has 0 unspecified atom stereocenters. The molecule has 0 saturated heterocycles. The third-order valence-electron chi connectivity index (χ3n) is 17.0. The molecule has 1 nitrogen and oxygen atoms in total. The Morgan fingerprint density at radius 2 is 0.469 bits per heavy atom. The summed E-state index contributed by atoms with van der Waals surface area (Å²) >= 11 is 0. The third kappa shape index (κ3) is 8.01. The molecular weight excluding hydrogens is 975 g/mol. The van der Waals surface area contributed by atoms with Gasteiger partial charge < -0.3 is 4.57 Å². The Labute approximate surface area is 470 Å². The molecule has 0 N–H and O–H groups in total. The quantitative estimate of drug-likeness (QED) is 0.134. The van der Waals surface area contributed by atoms with Crippen LogP contribution in [0.25, 0.3) is 159 Å². The number of nitrogens with zero attached hydrogens (tertiary/aromatic N) is 1. The highest BCUT2D eigenvalue weighted by Crippen LogP contribution is 2.41. The zero-order valence-electron chi connectivity index (χ0n) is 44.4. The van der Waals surface area contributed by atoms with Crippen LogP contribution < -0.4 is 0 Å². The van der Waals surface area contributed by atoms with Crippen molar-refractivity contribution in [3.8, 4) is 83.6 Å². The molecule has 81 heavy (non-hydrogen) atoms. The van der Waals surface area contributed by atoms with Gasteiger partial charge in [-0.05, 0) is 180 Å². The molecule has 1 heteroatoms. The molecule has 0 aliphatic carbocycles. The van der Waals surface area contributed by atoms with Gasteiger partial charge in [-0.3, -0.25) is 0 Å². The molecule has 376 valence electrons. The first-order chi connectivity index (χ1) is 40.1. The fraction of sp³-hybridized carbons (Fsp3) is 0. The fourth-order valence-electron chi connectivity index (χ4n) is 12.9. The Hall–Kier alpha value is -10.6. The summed E-state index contributed by atoms with van der Waals surface area (Å²) in [4.78, 5) is 0. The van der Waals surface area contributed by atoms with Gasteiger partial charge in [-0.25, -0.2) is 0 Å². The van der Waals surface area contributed by atoms with Crippen molar-refractivity contribution >= 4 is 75.7 Å².